The molecule has 3 heteroatoms. The zero-order valence-electron chi connectivity index (χ0n) is 15.8. The van der Waals surface area contributed by atoms with Crippen molar-refractivity contribution in [3.8, 4) is 5.75 Å². The molecule has 1 amide bonds. The van der Waals surface area contributed by atoms with E-state index in [1.807, 2.05) is 6.92 Å². The van der Waals surface area contributed by atoms with Crippen LogP contribution in [0.15, 0.2) is 12.1 Å². The van der Waals surface area contributed by atoms with Crippen molar-refractivity contribution in [2.24, 2.45) is 23.2 Å². The minimum Gasteiger partial charge on any atom is -0.492 e. The highest BCUT2D eigenvalue weighted by molar-refractivity contribution is 5.76. The Kier molecular flexibility index (Phi) is 4.29. The van der Waals surface area contributed by atoms with E-state index in [-0.39, 0.29) is 0 Å². The van der Waals surface area contributed by atoms with Gasteiger partial charge in [-0.2, -0.15) is 0 Å². The third-order valence-electron chi connectivity index (χ3n) is 7.81. The van der Waals surface area contributed by atoms with Crippen LogP contribution >= 0.6 is 0 Å². The predicted molar refractivity (Wildman–Crippen MR) is 101 cm³/mol. The molecule has 1 aromatic rings. The second-order valence-corrected chi connectivity index (χ2v) is 8.68. The van der Waals surface area contributed by atoms with Crippen LogP contribution in [0.25, 0.3) is 0 Å². The van der Waals surface area contributed by atoms with E-state index in [1.54, 1.807) is 0 Å². The smallest absolute Gasteiger partial charge is 0.211 e. The maximum Gasteiger partial charge on any atom is 0.211 e. The van der Waals surface area contributed by atoms with Crippen molar-refractivity contribution < 1.29 is 9.53 Å². The normalized spacial score (nSPS) is 36.1. The molecular formula is C22H31NO2. The lowest BCUT2D eigenvalue weighted by atomic mass is 9.54. The summed E-state index contributed by atoms with van der Waals surface area (Å²) in [5.41, 5.74) is 4.30. The van der Waals surface area contributed by atoms with Gasteiger partial charge >= 0.3 is 0 Å². The summed E-state index contributed by atoms with van der Waals surface area (Å²) in [6, 6.07) is 4.40. The number of aryl methyl sites for hydroxylation is 1. The maximum absolute atomic E-state index is 11.0. The Morgan fingerprint density at radius 1 is 1.28 bits per heavy atom. The number of nitrogens with one attached hydrogen (secondary N) is 1. The summed E-state index contributed by atoms with van der Waals surface area (Å²) in [7, 11) is 0. The molecule has 0 radical (unpaired) electrons. The molecule has 5 unspecified atom stereocenters. The number of carbonyl (C=O) groups is 1. The number of rotatable bonds is 4. The van der Waals surface area contributed by atoms with Gasteiger partial charge in [0.25, 0.3) is 0 Å². The zero-order valence-corrected chi connectivity index (χ0v) is 15.8. The van der Waals surface area contributed by atoms with Gasteiger partial charge in [0, 0.05) is 0 Å². The summed E-state index contributed by atoms with van der Waals surface area (Å²) in [6.07, 6.45) is 8.68. The molecule has 4 rings (SSSR count). The van der Waals surface area contributed by atoms with E-state index in [0.29, 0.717) is 17.9 Å². The van der Waals surface area contributed by atoms with Gasteiger partial charge in [-0.05, 0) is 97.8 Å². The van der Waals surface area contributed by atoms with Crippen LogP contribution in [0.3, 0.4) is 0 Å². The van der Waals surface area contributed by atoms with Crippen LogP contribution in [0, 0.1) is 23.2 Å². The first-order valence-corrected chi connectivity index (χ1v) is 10.1. The fourth-order valence-electron chi connectivity index (χ4n) is 6.31. The number of carbonyl (C=O) groups excluding carboxylic acids is 1. The van der Waals surface area contributed by atoms with Crippen molar-refractivity contribution in [1.29, 1.82) is 0 Å². The van der Waals surface area contributed by atoms with Gasteiger partial charge in [0.15, 0.2) is 0 Å². The number of fused-ring (bicyclic) bond motifs is 5. The Balaban J connectivity index is 1.70. The molecule has 2 saturated carbocycles. The van der Waals surface area contributed by atoms with E-state index >= 15 is 0 Å². The third-order valence-corrected chi connectivity index (χ3v) is 7.81. The van der Waals surface area contributed by atoms with Gasteiger partial charge in [-0.15, -0.1) is 0 Å². The van der Waals surface area contributed by atoms with E-state index in [4.69, 9.17) is 4.74 Å². The topological polar surface area (TPSA) is 38.3 Å². The van der Waals surface area contributed by atoms with E-state index in [2.05, 4.69) is 31.3 Å². The average molecular weight is 341 g/mol. The summed E-state index contributed by atoms with van der Waals surface area (Å²) in [6.45, 7) is 7.66. The Labute approximate surface area is 151 Å². The van der Waals surface area contributed by atoms with Crippen molar-refractivity contribution in [2.75, 3.05) is 11.9 Å². The number of anilines is 1. The average Bonchev–Trinajstić information content (AvgIpc) is 2.91. The maximum atomic E-state index is 11.0. The van der Waals surface area contributed by atoms with Gasteiger partial charge in [-0.3, -0.25) is 4.79 Å². The lowest BCUT2D eigenvalue weighted by Gasteiger charge is -2.50. The van der Waals surface area contributed by atoms with Gasteiger partial charge in [0.1, 0.15) is 5.75 Å². The predicted octanol–water partition coefficient (Wildman–Crippen LogP) is 5.15. The van der Waals surface area contributed by atoms with Crippen molar-refractivity contribution in [3.05, 3.63) is 23.3 Å². The Morgan fingerprint density at radius 3 is 2.88 bits per heavy atom. The molecular weight excluding hydrogens is 310 g/mol. The standard InChI is InChI=1S/C22H31NO2/c1-4-25-21-12-18-15(11-20(21)23-13-24)6-7-17-16(18)9-10-22(3)14(2)5-8-19(17)22/h11-14,16-17,19H,4-10H2,1-3H3,(H,23,24). The Morgan fingerprint density at radius 2 is 2.12 bits per heavy atom. The van der Waals surface area contributed by atoms with Gasteiger partial charge in [-0.25, -0.2) is 0 Å². The lowest BCUT2D eigenvalue weighted by molar-refractivity contribution is -0.105. The molecule has 3 aliphatic rings. The molecule has 0 bridgehead atoms. The third kappa shape index (κ3) is 2.58. The molecule has 0 saturated heterocycles. The van der Waals surface area contributed by atoms with E-state index in [9.17, 15) is 4.79 Å². The number of hydrogen-bond donors (Lipinski definition) is 1. The molecule has 136 valence electrons. The molecule has 2 fully saturated rings. The van der Waals surface area contributed by atoms with Crippen molar-refractivity contribution in [2.45, 2.75) is 65.2 Å². The van der Waals surface area contributed by atoms with Crippen LogP contribution in [0.4, 0.5) is 5.69 Å². The minimum absolute atomic E-state index is 0.556. The molecule has 25 heavy (non-hydrogen) atoms. The van der Waals surface area contributed by atoms with Crippen molar-refractivity contribution >= 4 is 12.1 Å². The van der Waals surface area contributed by atoms with E-state index in [0.717, 1.165) is 42.0 Å². The minimum atomic E-state index is 0.556. The Hall–Kier alpha value is -1.51. The summed E-state index contributed by atoms with van der Waals surface area (Å²) in [4.78, 5) is 11.0. The summed E-state index contributed by atoms with van der Waals surface area (Å²) < 4.78 is 5.84. The molecule has 5 atom stereocenters. The monoisotopic (exact) mass is 341 g/mol. The quantitative estimate of drug-likeness (QED) is 0.770. The number of ether oxygens (including phenoxy) is 1. The van der Waals surface area contributed by atoms with Crippen LogP contribution in [0.1, 0.15) is 69.9 Å². The molecule has 0 aliphatic heterocycles. The van der Waals surface area contributed by atoms with Gasteiger partial charge in [-0.1, -0.05) is 13.8 Å². The van der Waals surface area contributed by atoms with Gasteiger partial charge in [0.2, 0.25) is 6.41 Å². The highest BCUT2D eigenvalue weighted by Crippen LogP contribution is 2.63. The highest BCUT2D eigenvalue weighted by atomic mass is 16.5. The fraction of sp³-hybridized carbons (Fsp3) is 0.682. The van der Waals surface area contributed by atoms with E-state index in [1.165, 1.54) is 43.2 Å². The molecule has 3 aliphatic carbocycles. The lowest BCUT2D eigenvalue weighted by Crippen LogP contribution is -2.41. The molecule has 0 spiro atoms. The summed E-state index contributed by atoms with van der Waals surface area (Å²) in [5.74, 6) is 4.10. The van der Waals surface area contributed by atoms with Gasteiger partial charge in [0.05, 0.1) is 12.3 Å². The van der Waals surface area contributed by atoms with Crippen LogP contribution < -0.4 is 10.1 Å². The van der Waals surface area contributed by atoms with Crippen LogP contribution in [0.5, 0.6) is 5.75 Å². The molecule has 0 heterocycles. The van der Waals surface area contributed by atoms with Crippen molar-refractivity contribution in [3.63, 3.8) is 0 Å². The number of benzene rings is 1. The van der Waals surface area contributed by atoms with Crippen molar-refractivity contribution in [1.82, 2.24) is 0 Å². The highest BCUT2D eigenvalue weighted by Gasteiger charge is 2.53. The molecule has 0 aromatic heterocycles. The number of hydrogen-bond acceptors (Lipinski definition) is 2. The first-order chi connectivity index (χ1) is 12.1. The first-order valence-electron chi connectivity index (χ1n) is 10.1. The molecule has 1 aromatic carbocycles. The fourth-order valence-corrected chi connectivity index (χ4v) is 6.31. The Bertz CT molecular complexity index is 670. The van der Waals surface area contributed by atoms with Gasteiger partial charge < -0.3 is 10.1 Å². The second-order valence-electron chi connectivity index (χ2n) is 8.68. The molecule has 3 nitrogen and oxygen atoms in total. The summed E-state index contributed by atoms with van der Waals surface area (Å²) >= 11 is 0. The largest absolute Gasteiger partial charge is 0.492 e. The zero-order chi connectivity index (χ0) is 17.6. The second kappa shape index (κ2) is 6.34. The molecule has 1 N–H and O–H groups in total. The SMILES string of the molecule is CCOc1cc2c(cc1NC=O)CCC1C2CCC2(C)C(C)CCC12. The van der Waals surface area contributed by atoms with Crippen LogP contribution in [0.2, 0.25) is 0 Å². The number of amides is 1. The van der Waals surface area contributed by atoms with E-state index < -0.39 is 0 Å². The van der Waals surface area contributed by atoms with Crippen LogP contribution in [-0.2, 0) is 11.2 Å². The first kappa shape index (κ1) is 16.9. The van der Waals surface area contributed by atoms with Crippen LogP contribution in [-0.4, -0.2) is 13.0 Å². The summed E-state index contributed by atoms with van der Waals surface area (Å²) in [5, 5.41) is 2.83.